The van der Waals surface area contributed by atoms with E-state index >= 15 is 0 Å². The minimum absolute atomic E-state index is 0. The van der Waals surface area contributed by atoms with Crippen molar-refractivity contribution < 1.29 is 109 Å². The first kappa shape index (κ1) is 32.5. The first-order chi connectivity index (χ1) is 14.3. The van der Waals surface area contributed by atoms with E-state index in [-0.39, 0.29) is 123 Å². The van der Waals surface area contributed by atoms with Gasteiger partial charge in [-0.25, -0.2) is 0 Å². The fraction of sp³-hybridized carbons (Fsp3) is 0.192. The zero-order valence-electron chi connectivity index (χ0n) is 20.2. The molecule has 4 nitrogen and oxygen atoms in total. The zero-order valence-corrected chi connectivity index (χ0v) is 26.2. The summed E-state index contributed by atoms with van der Waals surface area (Å²) in [5, 5.41) is 37.6. The van der Waals surface area contributed by atoms with Gasteiger partial charge in [-0.15, -0.1) is 11.5 Å². The van der Waals surface area contributed by atoms with Crippen LogP contribution in [0.1, 0.15) is 46.8 Å². The molecule has 0 radical (unpaired) electrons. The van der Waals surface area contributed by atoms with Crippen LogP contribution < -0.4 is 104 Å². The molecule has 0 fully saturated rings. The van der Waals surface area contributed by atoms with Gasteiger partial charge in [-0.1, -0.05) is 96.6 Å². The van der Waals surface area contributed by atoms with Crippen molar-refractivity contribution in [3.8, 4) is 11.5 Å². The first-order valence-corrected chi connectivity index (χ1v) is 9.82. The molecule has 0 bridgehead atoms. The Morgan fingerprint density at radius 3 is 1.70 bits per heavy atom. The number of hydrogen-bond acceptors (Lipinski definition) is 4. The summed E-state index contributed by atoms with van der Waals surface area (Å²) in [5.41, 5.74) is 2.42. The molecule has 33 heavy (non-hydrogen) atoms. The summed E-state index contributed by atoms with van der Waals surface area (Å²) >= 11 is 0. The summed E-state index contributed by atoms with van der Waals surface area (Å²) in [6, 6.07) is 19.8. The monoisotopic (exact) mass is 468 g/mol. The van der Waals surface area contributed by atoms with Crippen molar-refractivity contribution in [3.05, 3.63) is 101 Å². The summed E-state index contributed by atoms with van der Waals surface area (Å²) < 4.78 is 0. The van der Waals surface area contributed by atoms with E-state index in [1.165, 1.54) is 24.3 Å². The van der Waals surface area contributed by atoms with Crippen LogP contribution in [0.25, 0.3) is 5.76 Å². The summed E-state index contributed by atoms with van der Waals surface area (Å²) in [6.45, 7) is 5.34. The van der Waals surface area contributed by atoms with Crippen molar-refractivity contribution in [1.82, 2.24) is 0 Å². The molecule has 0 spiro atoms. The second-order valence-electron chi connectivity index (χ2n) is 7.55. The number of carbonyl (C=O) groups excluding carboxylic acids is 1. The van der Waals surface area contributed by atoms with Gasteiger partial charge < -0.3 is 15.3 Å². The number of allylic oxidation sites excluding steroid dienone is 1. The quantitative estimate of drug-likeness (QED) is 0.205. The van der Waals surface area contributed by atoms with Crippen molar-refractivity contribution in [2.24, 2.45) is 5.92 Å². The number of para-hydroxylation sites is 2. The van der Waals surface area contributed by atoms with Crippen LogP contribution in [0.2, 0.25) is 0 Å². The molecule has 0 N–H and O–H groups in total. The molecule has 0 amide bonds. The minimum Gasteiger partial charge on any atom is -0.872 e. The van der Waals surface area contributed by atoms with E-state index in [1.54, 1.807) is 38.1 Å². The van der Waals surface area contributed by atoms with Crippen molar-refractivity contribution >= 4 is 11.5 Å². The number of Topliss-reactive ketones (excluding diaryl/α,β-unsaturated/α-hetero) is 1. The van der Waals surface area contributed by atoms with Gasteiger partial charge in [-0.2, -0.15) is 0 Å². The Balaban J connectivity index is 0.00000341. The van der Waals surface area contributed by atoms with E-state index in [1.807, 2.05) is 31.2 Å². The van der Waals surface area contributed by atoms with Crippen LogP contribution in [0.3, 0.4) is 0 Å². The molecular formula is C26H23Na3O4. The Labute approximate surface area is 262 Å². The number of carbonyl (C=O) groups is 1. The van der Waals surface area contributed by atoms with Gasteiger partial charge in [0.15, 0.2) is 5.78 Å². The Bertz CT molecular complexity index is 1090. The fourth-order valence-corrected chi connectivity index (χ4v) is 3.76. The Morgan fingerprint density at radius 1 is 0.758 bits per heavy atom. The van der Waals surface area contributed by atoms with Gasteiger partial charge in [0.1, 0.15) is 0 Å². The molecule has 0 heterocycles. The van der Waals surface area contributed by atoms with Crippen LogP contribution in [0.15, 0.2) is 78.4 Å². The number of benzene rings is 3. The maximum atomic E-state index is 13.2. The van der Waals surface area contributed by atoms with E-state index in [9.17, 15) is 20.1 Å². The Hall–Kier alpha value is -0.530. The molecular weight excluding hydrogens is 445 g/mol. The summed E-state index contributed by atoms with van der Waals surface area (Å²) in [7, 11) is 0. The van der Waals surface area contributed by atoms with Crippen LogP contribution in [0, 0.1) is 12.8 Å². The minimum atomic E-state index is -0.662. The molecule has 7 heteroatoms. The smallest absolute Gasteiger partial charge is 0.872 e. The maximum absolute atomic E-state index is 13.2. The van der Waals surface area contributed by atoms with Crippen molar-refractivity contribution in [2.75, 3.05) is 0 Å². The number of hydrogen-bond donors (Lipinski definition) is 0. The summed E-state index contributed by atoms with van der Waals surface area (Å²) in [5.74, 6) is -2.63. The topological polar surface area (TPSA) is 86.2 Å². The van der Waals surface area contributed by atoms with E-state index in [0.717, 1.165) is 11.1 Å². The average molecular weight is 468 g/mol. The van der Waals surface area contributed by atoms with Crippen LogP contribution in [-0.4, -0.2) is 5.78 Å². The normalized spacial score (nSPS) is 12.7. The zero-order chi connectivity index (χ0) is 21.8. The molecule has 0 aliphatic rings. The number of rotatable bonds is 6. The van der Waals surface area contributed by atoms with Crippen molar-refractivity contribution in [2.45, 2.75) is 26.7 Å². The van der Waals surface area contributed by atoms with Gasteiger partial charge in [0.2, 0.25) is 0 Å². The average Bonchev–Trinajstić information content (AvgIpc) is 2.74. The second kappa shape index (κ2) is 14.8. The van der Waals surface area contributed by atoms with Crippen LogP contribution in [-0.2, 0) is 0 Å². The van der Waals surface area contributed by atoms with Gasteiger partial charge in [-0.3, -0.25) is 4.79 Å². The molecule has 3 aromatic rings. The third-order valence-corrected chi connectivity index (χ3v) is 5.46. The SMILES string of the molecule is C/C(=C(/[O-])c1ccccc1[O-])[C@H](c1ccc(C)cc1)[C@H](C)C(=O)c1ccccc1[O-].[Na+].[Na+].[Na+]. The predicted octanol–water partition coefficient (Wildman–Crippen LogP) is -5.45. The van der Waals surface area contributed by atoms with Gasteiger partial charge in [0, 0.05) is 17.4 Å². The van der Waals surface area contributed by atoms with Crippen molar-refractivity contribution in [1.29, 1.82) is 0 Å². The van der Waals surface area contributed by atoms with Gasteiger partial charge >= 0.3 is 88.7 Å². The molecule has 2 atom stereocenters. The molecule has 3 rings (SSSR count). The Kier molecular flexibility index (Phi) is 14.5. The fourth-order valence-electron chi connectivity index (χ4n) is 3.76. The van der Waals surface area contributed by atoms with Gasteiger partial charge in [0.25, 0.3) is 0 Å². The van der Waals surface area contributed by atoms with Crippen LogP contribution in [0.5, 0.6) is 11.5 Å². The van der Waals surface area contributed by atoms with Crippen LogP contribution >= 0.6 is 0 Å². The molecule has 0 aliphatic heterocycles. The molecule has 3 aromatic carbocycles. The third kappa shape index (κ3) is 7.73. The van der Waals surface area contributed by atoms with Crippen molar-refractivity contribution in [3.63, 3.8) is 0 Å². The summed E-state index contributed by atoms with van der Waals surface area (Å²) in [6.07, 6.45) is 0. The van der Waals surface area contributed by atoms with Crippen LogP contribution in [0.4, 0.5) is 0 Å². The second-order valence-corrected chi connectivity index (χ2v) is 7.55. The molecule has 0 saturated heterocycles. The first-order valence-electron chi connectivity index (χ1n) is 9.82. The standard InChI is InChI=1S/C26H26O4.3Na/c1-16-12-14-19(15-13-16)24(17(2)25(29)20-8-4-6-10-22(20)27)18(3)26(30)21-9-5-7-11-23(21)28;;;/h4-15,17,24,27-28,30H,1-3H3;;;/q;3*+1/p-3/b26-18-;;;/t17-,24+;;;/m0.../s1. The number of aryl methyl sites for hydroxylation is 1. The van der Waals surface area contributed by atoms with Gasteiger partial charge in [-0.05, 0) is 25.0 Å². The molecule has 0 unspecified atom stereocenters. The third-order valence-electron chi connectivity index (χ3n) is 5.46. The molecule has 0 aromatic heterocycles. The maximum Gasteiger partial charge on any atom is 1.00 e. The summed E-state index contributed by atoms with van der Waals surface area (Å²) in [4.78, 5) is 13.2. The molecule has 154 valence electrons. The largest absolute Gasteiger partial charge is 1.00 e. The van der Waals surface area contributed by atoms with E-state index in [0.29, 0.717) is 5.57 Å². The Morgan fingerprint density at radius 2 is 1.21 bits per heavy atom. The van der Waals surface area contributed by atoms with E-state index < -0.39 is 11.8 Å². The van der Waals surface area contributed by atoms with Gasteiger partial charge in [0.05, 0.1) is 0 Å². The van der Waals surface area contributed by atoms with E-state index in [4.69, 9.17) is 0 Å². The predicted molar refractivity (Wildman–Crippen MR) is 112 cm³/mol. The van der Waals surface area contributed by atoms with E-state index in [2.05, 4.69) is 0 Å². The molecule has 0 saturated carbocycles. The number of ketones is 1. The molecule has 0 aliphatic carbocycles.